The zero-order chi connectivity index (χ0) is 12.1. The monoisotopic (exact) mass is 260 g/mol. The topological polar surface area (TPSA) is 43.4 Å². The number of methoxy groups -OCH3 is 1. The summed E-state index contributed by atoms with van der Waals surface area (Å²) in [7, 11) is 1.22. The first-order chi connectivity index (χ1) is 7.54. The Morgan fingerprint density at radius 3 is 2.62 bits per heavy atom. The molecule has 0 saturated carbocycles. The highest BCUT2D eigenvalue weighted by atomic mass is 35.5. The molecule has 86 valence electrons. The summed E-state index contributed by atoms with van der Waals surface area (Å²) in [6, 6.07) is 6.89. The van der Waals surface area contributed by atoms with Crippen LogP contribution in [-0.4, -0.2) is 18.3 Å². The summed E-state index contributed by atoms with van der Waals surface area (Å²) in [5.41, 5.74) is 0.761. The van der Waals surface area contributed by atoms with E-state index < -0.39 is 17.1 Å². The maximum atomic E-state index is 11.3. The lowest BCUT2D eigenvalue weighted by atomic mass is 10.0. The first kappa shape index (κ1) is 13.0. The van der Waals surface area contributed by atoms with Gasteiger partial charge >= 0.3 is 5.97 Å². The van der Waals surface area contributed by atoms with Crippen LogP contribution in [0.1, 0.15) is 5.56 Å². The van der Waals surface area contributed by atoms with Crippen molar-refractivity contribution < 1.29 is 14.3 Å². The van der Waals surface area contributed by atoms with Gasteiger partial charge in [0.15, 0.2) is 0 Å². The number of hydrogen-bond donors (Lipinski definition) is 0. The highest BCUT2D eigenvalue weighted by Crippen LogP contribution is 2.17. The molecule has 16 heavy (non-hydrogen) atoms. The van der Waals surface area contributed by atoms with Crippen LogP contribution in [0.25, 0.3) is 0 Å². The molecule has 1 aromatic carbocycles. The second kappa shape index (κ2) is 5.87. The van der Waals surface area contributed by atoms with Crippen molar-refractivity contribution >= 4 is 34.4 Å². The summed E-state index contributed by atoms with van der Waals surface area (Å²) in [5, 5.41) is -0.185. The van der Waals surface area contributed by atoms with Gasteiger partial charge in [-0.1, -0.05) is 23.7 Å². The van der Waals surface area contributed by atoms with E-state index in [1.54, 1.807) is 24.3 Å². The molecule has 0 saturated heterocycles. The van der Waals surface area contributed by atoms with Gasteiger partial charge in [0.05, 0.1) is 7.11 Å². The Bertz CT molecular complexity index is 404. The largest absolute Gasteiger partial charge is 0.468 e. The van der Waals surface area contributed by atoms with Crippen molar-refractivity contribution in [2.24, 2.45) is 5.92 Å². The number of esters is 1. The Kier molecular flexibility index (Phi) is 4.77. The third-order valence-electron chi connectivity index (χ3n) is 2.09. The standard InChI is InChI=1S/C11H10Cl2O3/c1-16-11(15)9(10(13)14)6-7-3-2-4-8(12)5-7/h2-5,9H,6H2,1H3. The molecular formula is C11H10Cl2O3. The number of ether oxygens (including phenoxy) is 1. The van der Waals surface area contributed by atoms with Crippen LogP contribution in [-0.2, 0) is 20.7 Å². The fraction of sp³-hybridized carbons (Fsp3) is 0.273. The summed E-state index contributed by atoms with van der Waals surface area (Å²) < 4.78 is 4.50. The van der Waals surface area contributed by atoms with Crippen LogP contribution in [0.15, 0.2) is 24.3 Å². The fourth-order valence-electron chi connectivity index (χ4n) is 1.30. The predicted molar refractivity (Wildman–Crippen MR) is 61.5 cm³/mol. The Labute approximate surface area is 103 Å². The molecule has 0 bridgehead atoms. The van der Waals surface area contributed by atoms with E-state index in [-0.39, 0.29) is 6.42 Å². The minimum absolute atomic E-state index is 0.190. The number of halogens is 2. The summed E-state index contributed by atoms with van der Waals surface area (Å²) in [6.45, 7) is 0. The SMILES string of the molecule is COC(=O)C(Cc1cccc(Cl)c1)C(=O)Cl. The van der Waals surface area contributed by atoms with Crippen molar-refractivity contribution in [3.05, 3.63) is 34.9 Å². The Morgan fingerprint density at radius 2 is 2.12 bits per heavy atom. The van der Waals surface area contributed by atoms with Crippen molar-refractivity contribution in [2.75, 3.05) is 7.11 Å². The van der Waals surface area contributed by atoms with Crippen molar-refractivity contribution in [3.63, 3.8) is 0 Å². The Balaban J connectivity index is 2.84. The fourth-order valence-corrected chi connectivity index (χ4v) is 1.68. The highest BCUT2D eigenvalue weighted by Gasteiger charge is 2.26. The number of carbonyl (C=O) groups excluding carboxylic acids is 2. The average Bonchev–Trinajstić information content (AvgIpc) is 2.24. The lowest BCUT2D eigenvalue weighted by Gasteiger charge is -2.10. The molecule has 0 aliphatic heterocycles. The van der Waals surface area contributed by atoms with Gasteiger partial charge in [0.2, 0.25) is 5.24 Å². The zero-order valence-corrected chi connectivity index (χ0v) is 10.1. The van der Waals surface area contributed by atoms with Crippen LogP contribution in [0.2, 0.25) is 5.02 Å². The maximum absolute atomic E-state index is 11.3. The van der Waals surface area contributed by atoms with Gasteiger partial charge in [-0.05, 0) is 35.7 Å². The van der Waals surface area contributed by atoms with E-state index in [0.717, 1.165) is 5.56 Å². The zero-order valence-electron chi connectivity index (χ0n) is 8.57. The molecule has 5 heteroatoms. The van der Waals surface area contributed by atoms with Gasteiger partial charge in [-0.3, -0.25) is 9.59 Å². The molecule has 0 spiro atoms. The van der Waals surface area contributed by atoms with Gasteiger partial charge in [0.25, 0.3) is 0 Å². The molecule has 0 fully saturated rings. The van der Waals surface area contributed by atoms with Crippen LogP contribution in [0.5, 0.6) is 0 Å². The molecule has 0 amide bonds. The summed E-state index contributed by atoms with van der Waals surface area (Å²) in [4.78, 5) is 22.3. The van der Waals surface area contributed by atoms with E-state index in [1.807, 2.05) is 0 Å². The van der Waals surface area contributed by atoms with Crippen LogP contribution in [0.3, 0.4) is 0 Å². The predicted octanol–water partition coefficient (Wildman–Crippen LogP) is 2.44. The van der Waals surface area contributed by atoms with Crippen LogP contribution >= 0.6 is 23.2 Å². The first-order valence-corrected chi connectivity index (χ1v) is 5.32. The molecule has 1 unspecified atom stereocenters. The molecule has 0 heterocycles. The minimum atomic E-state index is -0.981. The summed E-state index contributed by atoms with van der Waals surface area (Å²) in [5.74, 6) is -1.62. The Hall–Kier alpha value is -1.06. The second-order valence-electron chi connectivity index (χ2n) is 3.21. The van der Waals surface area contributed by atoms with E-state index in [4.69, 9.17) is 23.2 Å². The summed E-state index contributed by atoms with van der Waals surface area (Å²) in [6.07, 6.45) is 0.190. The van der Waals surface area contributed by atoms with E-state index in [1.165, 1.54) is 7.11 Å². The number of benzene rings is 1. The second-order valence-corrected chi connectivity index (χ2v) is 4.02. The highest BCUT2D eigenvalue weighted by molar-refractivity contribution is 6.65. The molecule has 0 N–H and O–H groups in total. The maximum Gasteiger partial charge on any atom is 0.317 e. The minimum Gasteiger partial charge on any atom is -0.468 e. The van der Waals surface area contributed by atoms with Crippen LogP contribution in [0, 0.1) is 5.92 Å². The lowest BCUT2D eigenvalue weighted by molar-refractivity contribution is -0.147. The van der Waals surface area contributed by atoms with Gasteiger partial charge in [-0.25, -0.2) is 0 Å². The first-order valence-electron chi connectivity index (χ1n) is 4.56. The number of carbonyl (C=O) groups is 2. The van der Waals surface area contributed by atoms with Gasteiger partial charge in [-0.15, -0.1) is 0 Å². The van der Waals surface area contributed by atoms with E-state index >= 15 is 0 Å². The molecule has 3 nitrogen and oxygen atoms in total. The molecule has 1 aromatic rings. The quantitative estimate of drug-likeness (QED) is 0.475. The van der Waals surface area contributed by atoms with Crippen molar-refractivity contribution in [1.82, 2.24) is 0 Å². The molecule has 0 aliphatic carbocycles. The molecular weight excluding hydrogens is 251 g/mol. The van der Waals surface area contributed by atoms with Gasteiger partial charge < -0.3 is 4.74 Å². The van der Waals surface area contributed by atoms with Crippen LogP contribution in [0.4, 0.5) is 0 Å². The van der Waals surface area contributed by atoms with E-state index in [2.05, 4.69) is 4.74 Å². The van der Waals surface area contributed by atoms with Gasteiger partial charge in [0.1, 0.15) is 5.92 Å². The molecule has 1 rings (SSSR count). The van der Waals surface area contributed by atoms with Crippen molar-refractivity contribution in [3.8, 4) is 0 Å². The van der Waals surface area contributed by atoms with Crippen molar-refractivity contribution in [1.29, 1.82) is 0 Å². The average molecular weight is 261 g/mol. The van der Waals surface area contributed by atoms with Gasteiger partial charge in [0, 0.05) is 5.02 Å². The lowest BCUT2D eigenvalue weighted by Crippen LogP contribution is -2.24. The number of hydrogen-bond acceptors (Lipinski definition) is 3. The van der Waals surface area contributed by atoms with Gasteiger partial charge in [-0.2, -0.15) is 0 Å². The summed E-state index contributed by atoms with van der Waals surface area (Å²) >= 11 is 11.1. The smallest absolute Gasteiger partial charge is 0.317 e. The molecule has 0 radical (unpaired) electrons. The third kappa shape index (κ3) is 3.51. The molecule has 0 aromatic heterocycles. The number of rotatable bonds is 4. The third-order valence-corrected chi connectivity index (χ3v) is 2.59. The molecule has 1 atom stereocenters. The van der Waals surface area contributed by atoms with Crippen molar-refractivity contribution in [2.45, 2.75) is 6.42 Å². The molecule has 0 aliphatic rings. The normalized spacial score (nSPS) is 11.9. The van der Waals surface area contributed by atoms with E-state index in [9.17, 15) is 9.59 Å². The Morgan fingerprint density at radius 1 is 1.44 bits per heavy atom. The van der Waals surface area contributed by atoms with E-state index in [0.29, 0.717) is 5.02 Å². The van der Waals surface area contributed by atoms with Crippen LogP contribution < -0.4 is 0 Å².